The van der Waals surface area contributed by atoms with Crippen molar-refractivity contribution in [3.8, 4) is 5.19 Å². The summed E-state index contributed by atoms with van der Waals surface area (Å²) in [4.78, 5) is 4.34. The first-order valence-electron chi connectivity index (χ1n) is 5.92. The molecule has 0 unspecified atom stereocenters. The maximum Gasteiger partial charge on any atom is 0.273 e. The number of aryl methyl sites for hydroxylation is 1. The lowest BCUT2D eigenvalue weighted by atomic mass is 9.62. The van der Waals surface area contributed by atoms with Crippen LogP contribution in [0.4, 0.5) is 0 Å². The number of rotatable bonds is 2. The monoisotopic (exact) mass is 239 g/mol. The molecule has 1 aliphatic heterocycles. The van der Waals surface area contributed by atoms with Gasteiger partial charge < -0.3 is 9.47 Å². The van der Waals surface area contributed by atoms with Gasteiger partial charge in [0.15, 0.2) is 0 Å². The van der Waals surface area contributed by atoms with Crippen LogP contribution in [0.25, 0.3) is 0 Å². The number of hydrogen-bond donors (Lipinski definition) is 0. The molecule has 1 aromatic rings. The first-order chi connectivity index (χ1) is 7.76. The fourth-order valence-electron chi connectivity index (χ4n) is 2.73. The lowest BCUT2D eigenvalue weighted by molar-refractivity contribution is -0.0858. The van der Waals surface area contributed by atoms with Crippen LogP contribution < -0.4 is 4.74 Å². The predicted octanol–water partition coefficient (Wildman–Crippen LogP) is 2.79. The third-order valence-corrected chi connectivity index (χ3v) is 4.59. The molecule has 3 nitrogen and oxygen atoms in total. The van der Waals surface area contributed by atoms with Crippen molar-refractivity contribution in [3.05, 3.63) is 11.1 Å². The van der Waals surface area contributed by atoms with E-state index in [1.54, 1.807) is 11.3 Å². The lowest BCUT2D eigenvalue weighted by Crippen LogP contribution is -2.47. The van der Waals surface area contributed by atoms with Crippen LogP contribution in [0.15, 0.2) is 5.38 Å². The summed E-state index contributed by atoms with van der Waals surface area (Å²) in [6, 6.07) is 0. The van der Waals surface area contributed by atoms with Gasteiger partial charge in [-0.05, 0) is 38.0 Å². The molecule has 4 heteroatoms. The molecule has 1 aromatic heterocycles. The summed E-state index contributed by atoms with van der Waals surface area (Å²) < 4.78 is 11.3. The van der Waals surface area contributed by atoms with Crippen LogP contribution in [0.1, 0.15) is 31.4 Å². The molecule has 1 saturated heterocycles. The first kappa shape index (κ1) is 10.5. The lowest BCUT2D eigenvalue weighted by Gasteiger charge is -2.49. The highest BCUT2D eigenvalue weighted by atomic mass is 32.1. The van der Waals surface area contributed by atoms with Gasteiger partial charge in [0.2, 0.25) is 0 Å². The van der Waals surface area contributed by atoms with E-state index in [-0.39, 0.29) is 0 Å². The van der Waals surface area contributed by atoms with Crippen LogP contribution >= 0.6 is 11.3 Å². The molecule has 2 aliphatic rings. The van der Waals surface area contributed by atoms with Crippen molar-refractivity contribution in [1.82, 2.24) is 4.98 Å². The highest BCUT2D eigenvalue weighted by Crippen LogP contribution is 2.50. The Bertz CT molecular complexity index is 363. The Morgan fingerprint density at radius 2 is 2.19 bits per heavy atom. The van der Waals surface area contributed by atoms with Gasteiger partial charge in [0.1, 0.15) is 6.10 Å². The topological polar surface area (TPSA) is 31.4 Å². The van der Waals surface area contributed by atoms with Crippen molar-refractivity contribution in [2.24, 2.45) is 5.41 Å². The van der Waals surface area contributed by atoms with Crippen molar-refractivity contribution < 1.29 is 9.47 Å². The predicted molar refractivity (Wildman–Crippen MR) is 63.0 cm³/mol. The Morgan fingerprint density at radius 1 is 1.44 bits per heavy atom. The van der Waals surface area contributed by atoms with E-state index in [0.717, 1.165) is 24.1 Å². The van der Waals surface area contributed by atoms with Crippen LogP contribution in [0.5, 0.6) is 5.19 Å². The zero-order valence-electron chi connectivity index (χ0n) is 9.57. The largest absolute Gasteiger partial charge is 0.467 e. The van der Waals surface area contributed by atoms with Crippen molar-refractivity contribution in [2.75, 3.05) is 13.2 Å². The molecule has 0 N–H and O–H groups in total. The maximum absolute atomic E-state index is 5.87. The zero-order chi connectivity index (χ0) is 11.0. The summed E-state index contributed by atoms with van der Waals surface area (Å²) in [5.74, 6) is 0. The number of aromatic nitrogens is 1. The Labute approximate surface area is 99.8 Å². The van der Waals surface area contributed by atoms with Crippen LogP contribution in [0, 0.1) is 12.3 Å². The molecule has 0 radical (unpaired) electrons. The van der Waals surface area contributed by atoms with E-state index in [9.17, 15) is 0 Å². The van der Waals surface area contributed by atoms with Crippen LogP contribution in [0.2, 0.25) is 0 Å². The van der Waals surface area contributed by atoms with Crippen LogP contribution in [-0.2, 0) is 4.74 Å². The van der Waals surface area contributed by atoms with Crippen molar-refractivity contribution in [1.29, 1.82) is 0 Å². The summed E-state index contributed by atoms with van der Waals surface area (Å²) in [5, 5.41) is 2.88. The van der Waals surface area contributed by atoms with E-state index >= 15 is 0 Å². The SMILES string of the molecule is Cc1csc(OC2CC3(CCOCC3)C2)n1. The van der Waals surface area contributed by atoms with Crippen molar-refractivity contribution in [3.63, 3.8) is 0 Å². The average molecular weight is 239 g/mol. The van der Waals surface area contributed by atoms with E-state index in [0.29, 0.717) is 11.5 Å². The molecular weight excluding hydrogens is 222 g/mol. The Kier molecular flexibility index (Phi) is 2.64. The fourth-order valence-corrected chi connectivity index (χ4v) is 3.44. The molecule has 1 saturated carbocycles. The highest BCUT2D eigenvalue weighted by molar-refractivity contribution is 7.11. The summed E-state index contributed by atoms with van der Waals surface area (Å²) in [7, 11) is 0. The van der Waals surface area contributed by atoms with Gasteiger partial charge in [-0.2, -0.15) is 0 Å². The minimum Gasteiger partial charge on any atom is -0.467 e. The number of nitrogens with zero attached hydrogens (tertiary/aromatic N) is 1. The molecule has 0 bridgehead atoms. The summed E-state index contributed by atoms with van der Waals surface area (Å²) in [5.41, 5.74) is 1.59. The van der Waals surface area contributed by atoms with Gasteiger partial charge in [0, 0.05) is 18.6 Å². The average Bonchev–Trinajstić information content (AvgIpc) is 2.63. The second kappa shape index (κ2) is 4.00. The van der Waals surface area contributed by atoms with Crippen molar-refractivity contribution in [2.45, 2.75) is 38.7 Å². The van der Waals surface area contributed by atoms with E-state index in [2.05, 4.69) is 4.98 Å². The van der Waals surface area contributed by atoms with Gasteiger partial charge in [-0.15, -0.1) is 0 Å². The molecule has 1 aliphatic carbocycles. The normalized spacial score (nSPS) is 24.3. The van der Waals surface area contributed by atoms with E-state index in [4.69, 9.17) is 9.47 Å². The Hall–Kier alpha value is -0.610. The quantitative estimate of drug-likeness (QED) is 0.795. The number of ether oxygens (including phenoxy) is 2. The molecule has 2 fully saturated rings. The van der Waals surface area contributed by atoms with E-state index < -0.39 is 0 Å². The number of hydrogen-bond acceptors (Lipinski definition) is 4. The third-order valence-electron chi connectivity index (χ3n) is 3.74. The number of thiazole rings is 1. The van der Waals surface area contributed by atoms with Crippen molar-refractivity contribution >= 4 is 11.3 Å². The van der Waals surface area contributed by atoms with Gasteiger partial charge in [0.05, 0.1) is 5.69 Å². The van der Waals surface area contributed by atoms with Gasteiger partial charge >= 0.3 is 0 Å². The minimum atomic E-state index is 0.392. The maximum atomic E-state index is 5.87. The Morgan fingerprint density at radius 3 is 2.81 bits per heavy atom. The van der Waals surface area contributed by atoms with E-state index in [1.807, 2.05) is 12.3 Å². The van der Waals surface area contributed by atoms with Gasteiger partial charge in [-0.25, -0.2) is 4.98 Å². The molecule has 0 amide bonds. The smallest absolute Gasteiger partial charge is 0.273 e. The molecule has 88 valence electrons. The van der Waals surface area contributed by atoms with Gasteiger partial charge in [-0.1, -0.05) is 11.3 Å². The first-order valence-corrected chi connectivity index (χ1v) is 6.80. The van der Waals surface area contributed by atoms with Crippen LogP contribution in [0.3, 0.4) is 0 Å². The van der Waals surface area contributed by atoms with E-state index in [1.165, 1.54) is 25.7 Å². The van der Waals surface area contributed by atoms with Gasteiger partial charge in [0.25, 0.3) is 5.19 Å². The third kappa shape index (κ3) is 1.96. The highest BCUT2D eigenvalue weighted by Gasteiger charge is 2.46. The second-order valence-electron chi connectivity index (χ2n) is 5.02. The fraction of sp³-hybridized carbons (Fsp3) is 0.750. The molecule has 0 atom stereocenters. The second-order valence-corrected chi connectivity index (χ2v) is 5.84. The molecular formula is C12H17NO2S. The standard InChI is InChI=1S/C12H17NO2S/c1-9-8-16-11(13-9)15-10-6-12(7-10)2-4-14-5-3-12/h8,10H,2-7H2,1H3. The molecule has 2 heterocycles. The summed E-state index contributed by atoms with van der Waals surface area (Å²) in [6.45, 7) is 3.87. The zero-order valence-corrected chi connectivity index (χ0v) is 10.4. The van der Waals surface area contributed by atoms with Gasteiger partial charge in [-0.3, -0.25) is 0 Å². The Balaban J connectivity index is 1.53. The molecule has 3 rings (SSSR count). The van der Waals surface area contributed by atoms with Crippen LogP contribution in [-0.4, -0.2) is 24.3 Å². The summed E-state index contributed by atoms with van der Waals surface area (Å²) >= 11 is 1.60. The molecule has 16 heavy (non-hydrogen) atoms. The minimum absolute atomic E-state index is 0.392. The molecule has 1 spiro atoms. The molecule has 0 aromatic carbocycles. The summed E-state index contributed by atoms with van der Waals surface area (Å²) in [6.07, 6.45) is 5.20.